The van der Waals surface area contributed by atoms with Crippen LogP contribution in [0, 0.1) is 0 Å². The summed E-state index contributed by atoms with van der Waals surface area (Å²) in [5.74, 6) is -0.620. The van der Waals surface area contributed by atoms with Gasteiger partial charge in [0.2, 0.25) is 0 Å². The highest BCUT2D eigenvalue weighted by Gasteiger charge is 2.17. The third-order valence-electron chi connectivity index (χ3n) is 2.32. The van der Waals surface area contributed by atoms with Crippen LogP contribution in [-0.2, 0) is 19.1 Å². The molecule has 0 spiro atoms. The van der Waals surface area contributed by atoms with E-state index in [4.69, 9.17) is 15.2 Å². The van der Waals surface area contributed by atoms with Crippen LogP contribution in [0.1, 0.15) is 13.3 Å². The van der Waals surface area contributed by atoms with Crippen LogP contribution >= 0.6 is 0 Å². The number of ether oxygens (including phenoxy) is 3. The summed E-state index contributed by atoms with van der Waals surface area (Å²) in [6.07, 6.45) is -0.894. The fourth-order valence-corrected chi connectivity index (χ4v) is 1.33. The van der Waals surface area contributed by atoms with Gasteiger partial charge in [-0.15, -0.1) is 0 Å². The number of rotatable bonds is 6. The lowest BCUT2D eigenvalue weighted by Gasteiger charge is -2.11. The van der Waals surface area contributed by atoms with Crippen molar-refractivity contribution in [3.63, 3.8) is 0 Å². The molecule has 0 aromatic heterocycles. The smallest absolute Gasteiger partial charge is 0.346 e. The number of anilines is 1. The SMILES string of the molecule is COC(=O)C(C)OC(=O)CCOc1ccccc1N. The molecule has 0 bridgehead atoms. The van der Waals surface area contributed by atoms with Crippen LogP contribution in [0.5, 0.6) is 5.75 Å². The second kappa shape index (κ2) is 7.25. The second-order valence-electron chi connectivity index (χ2n) is 3.79. The summed E-state index contributed by atoms with van der Waals surface area (Å²) in [7, 11) is 1.23. The molecular formula is C13H17NO5. The molecule has 1 aromatic carbocycles. The molecule has 104 valence electrons. The van der Waals surface area contributed by atoms with Gasteiger partial charge in [-0.1, -0.05) is 12.1 Å². The molecule has 1 aromatic rings. The molecule has 19 heavy (non-hydrogen) atoms. The van der Waals surface area contributed by atoms with E-state index >= 15 is 0 Å². The van der Waals surface area contributed by atoms with Crippen molar-refractivity contribution in [2.24, 2.45) is 0 Å². The van der Waals surface area contributed by atoms with Gasteiger partial charge in [-0.3, -0.25) is 4.79 Å². The van der Waals surface area contributed by atoms with Gasteiger partial charge in [-0.2, -0.15) is 0 Å². The molecule has 0 fully saturated rings. The molecule has 1 unspecified atom stereocenters. The summed E-state index contributed by atoms with van der Waals surface area (Å²) in [5.41, 5.74) is 6.17. The maximum absolute atomic E-state index is 11.4. The minimum Gasteiger partial charge on any atom is -0.491 e. The van der Waals surface area contributed by atoms with Gasteiger partial charge in [0.1, 0.15) is 5.75 Å². The van der Waals surface area contributed by atoms with Gasteiger partial charge in [0.25, 0.3) is 0 Å². The number of nitrogens with two attached hydrogens (primary N) is 1. The Bertz CT molecular complexity index is 446. The van der Waals surface area contributed by atoms with Crippen LogP contribution in [0.15, 0.2) is 24.3 Å². The molecule has 0 aliphatic carbocycles. The summed E-state index contributed by atoms with van der Waals surface area (Å²) >= 11 is 0. The Balaban J connectivity index is 2.32. The van der Waals surface area contributed by atoms with Gasteiger partial charge < -0.3 is 19.9 Å². The standard InChI is InChI=1S/C13H17NO5/c1-9(13(16)17-2)19-12(15)7-8-18-11-6-4-3-5-10(11)14/h3-6,9H,7-8,14H2,1-2H3. The number of hydrogen-bond donors (Lipinski definition) is 1. The Labute approximate surface area is 111 Å². The van der Waals surface area contributed by atoms with Crippen molar-refractivity contribution in [3.05, 3.63) is 24.3 Å². The first kappa shape index (κ1) is 14.8. The van der Waals surface area contributed by atoms with Crippen molar-refractivity contribution in [1.82, 2.24) is 0 Å². The molecule has 2 N–H and O–H groups in total. The second-order valence-corrected chi connectivity index (χ2v) is 3.79. The van der Waals surface area contributed by atoms with Crippen LogP contribution in [0.4, 0.5) is 5.69 Å². The third-order valence-corrected chi connectivity index (χ3v) is 2.32. The number of nitrogen functional groups attached to an aromatic ring is 1. The quantitative estimate of drug-likeness (QED) is 0.614. The Morgan fingerprint density at radius 1 is 1.32 bits per heavy atom. The van der Waals surface area contributed by atoms with Gasteiger partial charge >= 0.3 is 11.9 Å². The minimum atomic E-state index is -0.917. The Kier molecular flexibility index (Phi) is 5.66. The summed E-state index contributed by atoms with van der Waals surface area (Å²) in [6.45, 7) is 1.57. The largest absolute Gasteiger partial charge is 0.491 e. The lowest BCUT2D eigenvalue weighted by atomic mass is 10.3. The molecule has 0 saturated carbocycles. The molecule has 0 amide bonds. The van der Waals surface area contributed by atoms with E-state index < -0.39 is 18.0 Å². The normalized spacial score (nSPS) is 11.5. The Morgan fingerprint density at radius 2 is 2.00 bits per heavy atom. The Hall–Kier alpha value is -2.24. The van der Waals surface area contributed by atoms with E-state index in [1.165, 1.54) is 14.0 Å². The number of benzene rings is 1. The molecule has 1 rings (SSSR count). The fraction of sp³-hybridized carbons (Fsp3) is 0.385. The first-order valence-corrected chi connectivity index (χ1v) is 5.79. The van der Waals surface area contributed by atoms with Crippen molar-refractivity contribution in [2.45, 2.75) is 19.4 Å². The molecule has 0 aliphatic heterocycles. The molecule has 1 atom stereocenters. The lowest BCUT2D eigenvalue weighted by molar-refractivity contribution is -0.165. The number of carbonyl (C=O) groups is 2. The highest BCUT2D eigenvalue weighted by molar-refractivity contribution is 5.78. The van der Waals surface area contributed by atoms with E-state index in [1.54, 1.807) is 24.3 Å². The molecule has 0 saturated heterocycles. The zero-order valence-electron chi connectivity index (χ0n) is 10.9. The highest BCUT2D eigenvalue weighted by atomic mass is 16.6. The molecule has 0 heterocycles. The van der Waals surface area contributed by atoms with Crippen LogP contribution in [-0.4, -0.2) is 31.8 Å². The number of methoxy groups -OCH3 is 1. The molecule has 6 nitrogen and oxygen atoms in total. The van der Waals surface area contributed by atoms with E-state index in [9.17, 15) is 9.59 Å². The minimum absolute atomic E-state index is 0.0235. The average Bonchev–Trinajstić information content (AvgIpc) is 2.40. The number of esters is 2. The summed E-state index contributed by atoms with van der Waals surface area (Å²) in [4.78, 5) is 22.4. The average molecular weight is 267 g/mol. The van der Waals surface area contributed by atoms with Crippen LogP contribution in [0.25, 0.3) is 0 Å². The first-order valence-electron chi connectivity index (χ1n) is 5.79. The zero-order valence-corrected chi connectivity index (χ0v) is 10.9. The fourth-order valence-electron chi connectivity index (χ4n) is 1.33. The van der Waals surface area contributed by atoms with Gasteiger partial charge in [-0.25, -0.2) is 4.79 Å². The topological polar surface area (TPSA) is 87.8 Å². The van der Waals surface area contributed by atoms with Crippen molar-refractivity contribution in [1.29, 1.82) is 0 Å². The molecule has 0 radical (unpaired) electrons. The molecule has 6 heteroatoms. The van der Waals surface area contributed by atoms with E-state index in [0.29, 0.717) is 11.4 Å². The van der Waals surface area contributed by atoms with E-state index in [-0.39, 0.29) is 13.0 Å². The van der Waals surface area contributed by atoms with Gasteiger partial charge in [0, 0.05) is 0 Å². The van der Waals surface area contributed by atoms with Gasteiger partial charge in [0.05, 0.1) is 25.8 Å². The number of hydrogen-bond acceptors (Lipinski definition) is 6. The Morgan fingerprint density at radius 3 is 2.63 bits per heavy atom. The predicted octanol–water partition coefficient (Wildman–Crippen LogP) is 1.14. The monoisotopic (exact) mass is 267 g/mol. The predicted molar refractivity (Wildman–Crippen MR) is 68.5 cm³/mol. The summed E-state index contributed by atoms with van der Waals surface area (Å²) in [6, 6.07) is 6.97. The van der Waals surface area contributed by atoms with Crippen molar-refractivity contribution >= 4 is 17.6 Å². The summed E-state index contributed by atoms with van der Waals surface area (Å²) < 4.78 is 14.6. The van der Waals surface area contributed by atoms with Gasteiger partial charge in [0.15, 0.2) is 6.10 Å². The summed E-state index contributed by atoms with van der Waals surface area (Å²) in [5, 5.41) is 0. The number of carbonyl (C=O) groups excluding carboxylic acids is 2. The number of para-hydroxylation sites is 2. The van der Waals surface area contributed by atoms with Crippen molar-refractivity contribution in [2.75, 3.05) is 19.5 Å². The van der Waals surface area contributed by atoms with Crippen LogP contribution in [0.3, 0.4) is 0 Å². The van der Waals surface area contributed by atoms with Crippen molar-refractivity contribution < 1.29 is 23.8 Å². The van der Waals surface area contributed by atoms with Crippen LogP contribution < -0.4 is 10.5 Å². The maximum atomic E-state index is 11.4. The van der Waals surface area contributed by atoms with E-state index in [0.717, 1.165) is 0 Å². The highest BCUT2D eigenvalue weighted by Crippen LogP contribution is 2.19. The zero-order chi connectivity index (χ0) is 14.3. The lowest BCUT2D eigenvalue weighted by Crippen LogP contribution is -2.26. The maximum Gasteiger partial charge on any atom is 0.346 e. The van der Waals surface area contributed by atoms with E-state index in [1.807, 2.05) is 0 Å². The van der Waals surface area contributed by atoms with E-state index in [2.05, 4.69) is 4.74 Å². The third kappa shape index (κ3) is 4.87. The van der Waals surface area contributed by atoms with Crippen molar-refractivity contribution in [3.8, 4) is 5.75 Å². The molecule has 0 aliphatic rings. The van der Waals surface area contributed by atoms with Gasteiger partial charge in [-0.05, 0) is 19.1 Å². The van der Waals surface area contributed by atoms with Crippen LogP contribution in [0.2, 0.25) is 0 Å². The first-order chi connectivity index (χ1) is 9.04. The molecular weight excluding hydrogens is 250 g/mol.